The Morgan fingerprint density at radius 1 is 1.56 bits per heavy atom. The molecule has 2 heterocycles. The molecule has 2 bridgehead atoms. The lowest BCUT2D eigenvalue weighted by Gasteiger charge is -2.36. The molecule has 2 atom stereocenters. The van der Waals surface area contributed by atoms with Crippen molar-refractivity contribution in [1.82, 2.24) is 10.2 Å². The van der Waals surface area contributed by atoms with Crippen LogP contribution in [0.1, 0.15) is 13.8 Å². The van der Waals surface area contributed by atoms with Crippen LogP contribution >= 0.6 is 0 Å². The third kappa shape index (κ3) is 1.78. The minimum absolute atomic E-state index is 0.0625. The molecule has 0 aliphatic carbocycles. The second-order valence-corrected chi connectivity index (χ2v) is 4.06. The third-order valence-electron chi connectivity index (χ3n) is 2.81. The fourth-order valence-corrected chi connectivity index (χ4v) is 2.03. The van der Waals surface area contributed by atoms with Crippen molar-refractivity contribution in [2.45, 2.75) is 25.7 Å². The van der Waals surface area contributed by atoms with Crippen LogP contribution in [-0.2, 0) is 19.1 Å². The number of hydrogen-bond acceptors (Lipinski definition) is 4. The molecule has 2 fully saturated rings. The van der Waals surface area contributed by atoms with Crippen molar-refractivity contribution in [1.29, 1.82) is 0 Å². The largest absolute Gasteiger partial charge is 0.352 e. The Hall–Kier alpha value is -1.14. The van der Waals surface area contributed by atoms with E-state index < -0.39 is 5.79 Å². The van der Waals surface area contributed by atoms with Gasteiger partial charge in [-0.3, -0.25) is 9.59 Å². The number of likely N-dealkylation sites (N-methyl/N-ethyl adjacent to an activating group) is 1. The number of fused-ring (bicyclic) bond motifs is 2. The van der Waals surface area contributed by atoms with E-state index >= 15 is 0 Å². The predicted molar refractivity (Wildman–Crippen MR) is 54.5 cm³/mol. The summed E-state index contributed by atoms with van der Waals surface area (Å²) in [5.41, 5.74) is 0. The first kappa shape index (κ1) is 11.3. The Morgan fingerprint density at radius 3 is 2.94 bits per heavy atom. The van der Waals surface area contributed by atoms with Crippen LogP contribution in [0.3, 0.4) is 0 Å². The first-order valence-corrected chi connectivity index (χ1v) is 5.43. The van der Waals surface area contributed by atoms with Gasteiger partial charge in [0, 0.05) is 20.0 Å². The average molecular weight is 228 g/mol. The number of morpholine rings is 1. The molecule has 6 nitrogen and oxygen atoms in total. The fraction of sp³-hybridized carbons (Fsp3) is 0.800. The van der Waals surface area contributed by atoms with Crippen LogP contribution in [-0.4, -0.2) is 54.8 Å². The van der Waals surface area contributed by atoms with Crippen LogP contribution < -0.4 is 5.32 Å². The van der Waals surface area contributed by atoms with Gasteiger partial charge in [0.1, 0.15) is 6.10 Å². The van der Waals surface area contributed by atoms with Crippen LogP contribution in [0.5, 0.6) is 0 Å². The lowest BCUT2D eigenvalue weighted by molar-refractivity contribution is -0.208. The highest BCUT2D eigenvalue weighted by molar-refractivity contribution is 5.85. The van der Waals surface area contributed by atoms with E-state index in [4.69, 9.17) is 9.47 Å². The summed E-state index contributed by atoms with van der Waals surface area (Å²) in [6, 6.07) is 0. The number of nitrogens with one attached hydrogen (secondary N) is 1. The van der Waals surface area contributed by atoms with Gasteiger partial charge in [-0.15, -0.1) is 0 Å². The standard InChI is InChI=1S/C10H16N2O4/c1-3-11-9(14)10-6-12(7(2)13)4-8(16-10)5-15-10/h8H,3-6H2,1-2H3,(H,11,14)/t8-,10+/m0/s1. The van der Waals surface area contributed by atoms with Crippen molar-refractivity contribution in [3.63, 3.8) is 0 Å². The lowest BCUT2D eigenvalue weighted by atomic mass is 10.2. The monoisotopic (exact) mass is 228 g/mol. The molecule has 2 aliphatic rings. The van der Waals surface area contributed by atoms with Crippen LogP contribution in [0.15, 0.2) is 0 Å². The van der Waals surface area contributed by atoms with Crippen molar-refractivity contribution < 1.29 is 19.1 Å². The molecule has 2 rings (SSSR count). The van der Waals surface area contributed by atoms with Crippen molar-refractivity contribution >= 4 is 11.8 Å². The Labute approximate surface area is 93.9 Å². The van der Waals surface area contributed by atoms with E-state index in [1.165, 1.54) is 6.92 Å². The molecule has 90 valence electrons. The van der Waals surface area contributed by atoms with Crippen molar-refractivity contribution in [3.8, 4) is 0 Å². The first-order chi connectivity index (χ1) is 7.57. The normalized spacial score (nSPS) is 32.6. The van der Waals surface area contributed by atoms with Gasteiger partial charge >= 0.3 is 0 Å². The summed E-state index contributed by atoms with van der Waals surface area (Å²) >= 11 is 0. The summed E-state index contributed by atoms with van der Waals surface area (Å²) in [7, 11) is 0. The molecule has 0 aromatic rings. The summed E-state index contributed by atoms with van der Waals surface area (Å²) in [4.78, 5) is 24.8. The fourth-order valence-electron chi connectivity index (χ4n) is 2.03. The van der Waals surface area contributed by atoms with Gasteiger partial charge in [0.05, 0.1) is 13.2 Å². The maximum Gasteiger partial charge on any atom is 0.282 e. The number of amides is 2. The zero-order valence-corrected chi connectivity index (χ0v) is 9.49. The zero-order chi connectivity index (χ0) is 11.8. The zero-order valence-electron chi connectivity index (χ0n) is 9.49. The molecule has 0 aromatic carbocycles. The molecule has 2 saturated heterocycles. The Kier molecular flexibility index (Phi) is 2.86. The van der Waals surface area contributed by atoms with Gasteiger partial charge < -0.3 is 19.7 Å². The molecule has 0 unspecified atom stereocenters. The second kappa shape index (κ2) is 4.03. The highest BCUT2D eigenvalue weighted by Crippen LogP contribution is 2.30. The molecular formula is C10H16N2O4. The number of carbonyl (C=O) groups excluding carboxylic acids is 2. The molecular weight excluding hydrogens is 212 g/mol. The molecule has 2 aliphatic heterocycles. The van der Waals surface area contributed by atoms with Gasteiger partial charge in [-0.05, 0) is 6.92 Å². The van der Waals surface area contributed by atoms with Gasteiger partial charge in [-0.2, -0.15) is 0 Å². The Balaban J connectivity index is 2.14. The SMILES string of the molecule is CCNC(=O)[C@]12CN(C(C)=O)C[C@@H](CO1)O2. The Morgan fingerprint density at radius 2 is 2.31 bits per heavy atom. The number of rotatable bonds is 2. The minimum Gasteiger partial charge on any atom is -0.352 e. The topological polar surface area (TPSA) is 67.9 Å². The van der Waals surface area contributed by atoms with Crippen LogP contribution in [0.4, 0.5) is 0 Å². The van der Waals surface area contributed by atoms with Crippen LogP contribution in [0.25, 0.3) is 0 Å². The first-order valence-electron chi connectivity index (χ1n) is 5.43. The number of hydrogen-bond donors (Lipinski definition) is 1. The third-order valence-corrected chi connectivity index (χ3v) is 2.81. The maximum atomic E-state index is 11.8. The van der Waals surface area contributed by atoms with E-state index in [-0.39, 0.29) is 24.5 Å². The molecule has 0 aromatic heterocycles. The van der Waals surface area contributed by atoms with E-state index in [0.29, 0.717) is 19.7 Å². The predicted octanol–water partition coefficient (Wildman–Crippen LogP) is -0.904. The van der Waals surface area contributed by atoms with E-state index in [2.05, 4.69) is 5.32 Å². The van der Waals surface area contributed by atoms with Crippen molar-refractivity contribution in [3.05, 3.63) is 0 Å². The highest BCUT2D eigenvalue weighted by Gasteiger charge is 2.53. The molecule has 1 N–H and O–H groups in total. The summed E-state index contributed by atoms with van der Waals surface area (Å²) in [6.07, 6.45) is -0.194. The molecule has 0 radical (unpaired) electrons. The van der Waals surface area contributed by atoms with Crippen molar-refractivity contribution in [2.75, 3.05) is 26.2 Å². The number of carbonyl (C=O) groups is 2. The maximum absolute atomic E-state index is 11.8. The van der Waals surface area contributed by atoms with Gasteiger partial charge in [-0.25, -0.2) is 0 Å². The van der Waals surface area contributed by atoms with Gasteiger partial charge in [0.25, 0.3) is 11.7 Å². The summed E-state index contributed by atoms with van der Waals surface area (Å²) in [5.74, 6) is -1.65. The summed E-state index contributed by atoms with van der Waals surface area (Å²) < 4.78 is 11.0. The number of ether oxygens (including phenoxy) is 2. The van der Waals surface area contributed by atoms with E-state index in [1.807, 2.05) is 6.92 Å². The van der Waals surface area contributed by atoms with Gasteiger partial charge in [-0.1, -0.05) is 0 Å². The van der Waals surface area contributed by atoms with Crippen LogP contribution in [0, 0.1) is 0 Å². The molecule has 6 heteroatoms. The molecule has 0 saturated carbocycles. The molecule has 2 amide bonds. The number of nitrogens with zero attached hydrogens (tertiary/aromatic N) is 1. The average Bonchev–Trinajstić information content (AvgIpc) is 2.55. The van der Waals surface area contributed by atoms with Gasteiger partial charge in [0.15, 0.2) is 0 Å². The smallest absolute Gasteiger partial charge is 0.282 e. The highest BCUT2D eigenvalue weighted by atomic mass is 16.8. The van der Waals surface area contributed by atoms with E-state index in [1.54, 1.807) is 4.90 Å². The summed E-state index contributed by atoms with van der Waals surface area (Å²) in [6.45, 7) is 4.85. The van der Waals surface area contributed by atoms with E-state index in [9.17, 15) is 9.59 Å². The molecule has 16 heavy (non-hydrogen) atoms. The Bertz CT molecular complexity index is 320. The van der Waals surface area contributed by atoms with Crippen molar-refractivity contribution in [2.24, 2.45) is 0 Å². The lowest BCUT2D eigenvalue weighted by Crippen LogP contribution is -2.59. The second-order valence-electron chi connectivity index (χ2n) is 4.06. The minimum atomic E-state index is -1.29. The summed E-state index contributed by atoms with van der Waals surface area (Å²) in [5, 5.41) is 2.67. The van der Waals surface area contributed by atoms with Crippen LogP contribution in [0.2, 0.25) is 0 Å². The molecule has 0 spiro atoms. The quantitative estimate of drug-likeness (QED) is 0.665. The van der Waals surface area contributed by atoms with Gasteiger partial charge in [0.2, 0.25) is 5.91 Å². The van der Waals surface area contributed by atoms with E-state index in [0.717, 1.165) is 0 Å².